The van der Waals surface area contributed by atoms with Crippen molar-refractivity contribution >= 4 is 11.8 Å². The zero-order valence-corrected chi connectivity index (χ0v) is 16.7. The minimum atomic E-state index is -0.0715. The van der Waals surface area contributed by atoms with E-state index in [1.807, 2.05) is 47.2 Å². The number of hydrogen-bond acceptors (Lipinski definition) is 4. The van der Waals surface area contributed by atoms with Crippen molar-refractivity contribution in [3.63, 3.8) is 0 Å². The molecule has 1 aliphatic rings. The van der Waals surface area contributed by atoms with Crippen LogP contribution in [-0.2, 0) is 11.3 Å². The number of hydrogen-bond donors (Lipinski definition) is 2. The highest BCUT2D eigenvalue weighted by atomic mass is 16.2. The van der Waals surface area contributed by atoms with Crippen LogP contribution in [0.25, 0.3) is 5.69 Å². The maximum atomic E-state index is 12.6. The molecule has 2 amide bonds. The van der Waals surface area contributed by atoms with Gasteiger partial charge in [0.15, 0.2) is 0 Å². The molecule has 0 saturated heterocycles. The van der Waals surface area contributed by atoms with Crippen LogP contribution in [0.1, 0.15) is 41.6 Å². The summed E-state index contributed by atoms with van der Waals surface area (Å²) in [7, 11) is 0. The lowest BCUT2D eigenvalue weighted by Crippen LogP contribution is -2.40. The molecule has 1 aromatic carbocycles. The van der Waals surface area contributed by atoms with Crippen molar-refractivity contribution in [3.05, 3.63) is 78.6 Å². The number of aromatic nitrogens is 3. The van der Waals surface area contributed by atoms with Crippen LogP contribution in [0, 0.1) is 5.92 Å². The Morgan fingerprint density at radius 2 is 1.67 bits per heavy atom. The van der Waals surface area contributed by atoms with E-state index in [0.29, 0.717) is 12.1 Å². The van der Waals surface area contributed by atoms with E-state index in [9.17, 15) is 9.59 Å². The van der Waals surface area contributed by atoms with Gasteiger partial charge in [0.05, 0.1) is 6.33 Å². The third kappa shape index (κ3) is 4.92. The second-order valence-electron chi connectivity index (χ2n) is 7.61. The Kier molecular flexibility index (Phi) is 6.17. The molecule has 0 spiro atoms. The molecule has 2 N–H and O–H groups in total. The largest absolute Gasteiger partial charge is 0.352 e. The topological polar surface area (TPSA) is 88.9 Å². The van der Waals surface area contributed by atoms with Crippen molar-refractivity contribution in [3.8, 4) is 5.69 Å². The highest BCUT2D eigenvalue weighted by Crippen LogP contribution is 2.25. The lowest BCUT2D eigenvalue weighted by molar-refractivity contribution is -0.126. The monoisotopic (exact) mass is 403 g/mol. The molecule has 7 nitrogen and oxygen atoms in total. The number of pyridine rings is 1. The van der Waals surface area contributed by atoms with E-state index in [1.54, 1.807) is 24.9 Å². The summed E-state index contributed by atoms with van der Waals surface area (Å²) >= 11 is 0. The summed E-state index contributed by atoms with van der Waals surface area (Å²) in [5.41, 5.74) is 2.64. The summed E-state index contributed by atoms with van der Waals surface area (Å²) in [6, 6.07) is 11.4. The molecular weight excluding hydrogens is 378 g/mol. The average Bonchev–Trinajstić information content (AvgIpc) is 3.34. The molecule has 2 aromatic heterocycles. The molecule has 0 unspecified atom stereocenters. The number of imidazole rings is 1. The highest BCUT2D eigenvalue weighted by molar-refractivity contribution is 5.94. The van der Waals surface area contributed by atoms with Gasteiger partial charge in [-0.05, 0) is 67.6 Å². The first-order valence-corrected chi connectivity index (χ1v) is 10.2. The summed E-state index contributed by atoms with van der Waals surface area (Å²) in [6.07, 6.45) is 11.9. The molecule has 1 fully saturated rings. The summed E-state index contributed by atoms with van der Waals surface area (Å²) in [4.78, 5) is 33.0. The number of carbonyl (C=O) groups is 2. The van der Waals surface area contributed by atoms with E-state index in [4.69, 9.17) is 0 Å². The van der Waals surface area contributed by atoms with Crippen LogP contribution in [0.4, 0.5) is 0 Å². The summed E-state index contributed by atoms with van der Waals surface area (Å²) in [5, 5.41) is 6.12. The minimum absolute atomic E-state index is 0.00875. The predicted molar refractivity (Wildman–Crippen MR) is 113 cm³/mol. The van der Waals surface area contributed by atoms with Gasteiger partial charge >= 0.3 is 0 Å². The number of nitrogens with zero attached hydrogens (tertiary/aromatic N) is 3. The molecule has 1 aliphatic carbocycles. The standard InChI is InChI=1S/C23H25N5O2/c29-22(26-15-17-9-11-24-12-10-17)18-1-5-20(6-2-18)27-23(30)19-3-7-21(8-4-19)28-14-13-25-16-28/h3-4,7-14,16,18,20H,1-2,5-6,15H2,(H,26,29)(H,27,30). The SMILES string of the molecule is O=C(NC1CCC(C(=O)NCc2ccncc2)CC1)c1ccc(-n2ccnc2)cc1. The van der Waals surface area contributed by atoms with Crippen molar-refractivity contribution in [1.82, 2.24) is 25.2 Å². The molecular formula is C23H25N5O2. The van der Waals surface area contributed by atoms with Gasteiger partial charge in [-0.2, -0.15) is 0 Å². The van der Waals surface area contributed by atoms with E-state index >= 15 is 0 Å². The first-order valence-electron chi connectivity index (χ1n) is 10.2. The number of amides is 2. The zero-order chi connectivity index (χ0) is 20.8. The summed E-state index contributed by atoms with van der Waals surface area (Å²) < 4.78 is 1.89. The van der Waals surface area contributed by atoms with Crippen molar-refractivity contribution in [1.29, 1.82) is 0 Å². The van der Waals surface area contributed by atoms with Crippen molar-refractivity contribution in [2.24, 2.45) is 5.92 Å². The maximum Gasteiger partial charge on any atom is 0.251 e. The number of rotatable bonds is 6. The van der Waals surface area contributed by atoms with Gasteiger partial charge in [-0.15, -0.1) is 0 Å². The van der Waals surface area contributed by atoms with Gasteiger partial charge in [-0.1, -0.05) is 0 Å². The Hall–Kier alpha value is -3.48. The van der Waals surface area contributed by atoms with E-state index in [1.165, 1.54) is 0 Å². The van der Waals surface area contributed by atoms with Crippen molar-refractivity contribution in [2.75, 3.05) is 0 Å². The van der Waals surface area contributed by atoms with Gasteiger partial charge in [0, 0.05) is 54.5 Å². The van der Waals surface area contributed by atoms with E-state index in [-0.39, 0.29) is 23.8 Å². The summed E-state index contributed by atoms with van der Waals surface area (Å²) in [5.74, 6) is 0.0268. The van der Waals surface area contributed by atoms with Gasteiger partial charge in [-0.3, -0.25) is 14.6 Å². The fourth-order valence-corrected chi connectivity index (χ4v) is 3.80. The number of carbonyl (C=O) groups excluding carboxylic acids is 2. The molecule has 0 bridgehead atoms. The normalized spacial score (nSPS) is 18.5. The first kappa shape index (κ1) is 19.8. The molecule has 0 atom stereocenters. The van der Waals surface area contributed by atoms with Crippen molar-refractivity contribution < 1.29 is 9.59 Å². The van der Waals surface area contributed by atoms with Gasteiger partial charge in [0.25, 0.3) is 5.91 Å². The molecule has 4 rings (SSSR count). The molecule has 3 aromatic rings. The Balaban J connectivity index is 1.23. The van der Waals surface area contributed by atoms with Crippen LogP contribution in [0.3, 0.4) is 0 Å². The molecule has 1 saturated carbocycles. The molecule has 0 radical (unpaired) electrons. The lowest BCUT2D eigenvalue weighted by atomic mass is 9.85. The second kappa shape index (κ2) is 9.35. The van der Waals surface area contributed by atoms with Gasteiger partial charge in [0.2, 0.25) is 5.91 Å². The molecule has 2 heterocycles. The number of benzene rings is 1. The second-order valence-corrected chi connectivity index (χ2v) is 7.61. The maximum absolute atomic E-state index is 12.6. The van der Waals surface area contributed by atoms with E-state index < -0.39 is 0 Å². The van der Waals surface area contributed by atoms with Gasteiger partial charge < -0.3 is 15.2 Å². The summed E-state index contributed by atoms with van der Waals surface area (Å²) in [6.45, 7) is 0.521. The van der Waals surface area contributed by atoms with Gasteiger partial charge in [-0.25, -0.2) is 4.98 Å². The predicted octanol–water partition coefficient (Wildman–Crippen LogP) is 2.87. The van der Waals surface area contributed by atoms with Crippen LogP contribution >= 0.6 is 0 Å². The van der Waals surface area contributed by atoms with E-state index in [0.717, 1.165) is 36.9 Å². The van der Waals surface area contributed by atoms with Crippen LogP contribution < -0.4 is 10.6 Å². The Morgan fingerprint density at radius 1 is 0.933 bits per heavy atom. The molecule has 30 heavy (non-hydrogen) atoms. The Labute approximate surface area is 175 Å². The Morgan fingerprint density at radius 3 is 2.33 bits per heavy atom. The molecule has 154 valence electrons. The minimum Gasteiger partial charge on any atom is -0.352 e. The lowest BCUT2D eigenvalue weighted by Gasteiger charge is -2.28. The first-order chi connectivity index (χ1) is 14.7. The fraction of sp³-hybridized carbons (Fsp3) is 0.304. The van der Waals surface area contributed by atoms with Crippen LogP contribution in [0.5, 0.6) is 0 Å². The average molecular weight is 403 g/mol. The third-order valence-corrected chi connectivity index (χ3v) is 5.58. The Bertz CT molecular complexity index is 963. The molecule has 0 aliphatic heterocycles. The van der Waals surface area contributed by atoms with Crippen LogP contribution in [0.2, 0.25) is 0 Å². The fourth-order valence-electron chi connectivity index (χ4n) is 3.80. The quantitative estimate of drug-likeness (QED) is 0.662. The van der Waals surface area contributed by atoms with Crippen molar-refractivity contribution in [2.45, 2.75) is 38.3 Å². The van der Waals surface area contributed by atoms with E-state index in [2.05, 4.69) is 20.6 Å². The number of nitrogens with one attached hydrogen (secondary N) is 2. The zero-order valence-electron chi connectivity index (χ0n) is 16.7. The van der Waals surface area contributed by atoms with Crippen LogP contribution in [0.15, 0.2) is 67.5 Å². The smallest absolute Gasteiger partial charge is 0.251 e. The highest BCUT2D eigenvalue weighted by Gasteiger charge is 2.27. The molecule has 7 heteroatoms. The van der Waals surface area contributed by atoms with Gasteiger partial charge in [0.1, 0.15) is 0 Å². The van der Waals surface area contributed by atoms with Crippen LogP contribution in [-0.4, -0.2) is 32.4 Å². The third-order valence-electron chi connectivity index (χ3n) is 5.58.